The fourth-order valence-electron chi connectivity index (χ4n) is 11.6. The number of aliphatic hydroxyl groups excluding tert-OH is 2. The van der Waals surface area contributed by atoms with Gasteiger partial charge in [0.15, 0.2) is 5.75 Å². The number of esters is 1. The fourth-order valence-corrected chi connectivity index (χ4v) is 11.6. The maximum Gasteiger partial charge on any atom is 0.312 e. The van der Waals surface area contributed by atoms with Crippen molar-refractivity contribution in [2.24, 2.45) is 46.5 Å². The third-order valence-corrected chi connectivity index (χ3v) is 15.1. The van der Waals surface area contributed by atoms with E-state index in [2.05, 4.69) is 5.32 Å². The number of anilines is 1. The molecule has 0 saturated heterocycles. The van der Waals surface area contributed by atoms with Crippen LogP contribution in [0.5, 0.6) is 23.0 Å². The van der Waals surface area contributed by atoms with Crippen LogP contribution in [0.2, 0.25) is 0 Å². The van der Waals surface area contributed by atoms with Crippen LogP contribution in [0.3, 0.4) is 0 Å². The quantitative estimate of drug-likeness (QED) is 0.0588. The molecule has 3 aliphatic heterocycles. The van der Waals surface area contributed by atoms with E-state index >= 15 is 0 Å². The molecule has 7 aliphatic rings. The monoisotopic (exact) mass is 887 g/mol. The standard InChI is InChI=1S/C49H65N3O12/c1-23-12-11-13-24(2)47(60)51-38-33(22-50-52(9)49-19-30-16-31(20-49)18-32(17-30)21-49)42(57)35-36(43(38)58)41(56)28(6)45-37(35)46(59)48(8,64-45)62-15-14-34(61-10)25(3)44(63-29(7)53)27(5)40(55)26(4)39(23)54/h11-15,22-23,25-27,30-32,34,39-40,44,54-58H,16-21H2,1-10H3,(H,51,60)/t23-,25+,26-,27-,30?,31?,32?,34+,39-,40-,44-,48-,49?/m0/s1. The zero-order valence-corrected chi connectivity index (χ0v) is 38.5. The highest BCUT2D eigenvalue weighted by Gasteiger charge is 2.53. The molecule has 9 rings (SSSR count). The van der Waals surface area contributed by atoms with Gasteiger partial charge in [0.1, 0.15) is 23.4 Å². The Morgan fingerprint density at radius 3 is 2.12 bits per heavy atom. The van der Waals surface area contributed by atoms with Crippen LogP contribution in [0, 0.1) is 48.3 Å². The van der Waals surface area contributed by atoms with Gasteiger partial charge in [0, 0.05) is 68.2 Å². The minimum Gasteiger partial charge on any atom is -0.507 e. The number of nitrogens with one attached hydrogen (secondary N) is 1. The van der Waals surface area contributed by atoms with Crippen LogP contribution >= 0.6 is 0 Å². The molecule has 4 fully saturated rings. The summed E-state index contributed by atoms with van der Waals surface area (Å²) in [7, 11) is 3.36. The lowest BCUT2D eigenvalue weighted by Gasteiger charge is -2.59. The van der Waals surface area contributed by atoms with E-state index in [-0.39, 0.29) is 50.0 Å². The summed E-state index contributed by atoms with van der Waals surface area (Å²) >= 11 is 0. The van der Waals surface area contributed by atoms with Crippen LogP contribution in [0.4, 0.5) is 5.69 Å². The Bertz CT molecular complexity index is 2280. The molecule has 4 saturated carbocycles. The van der Waals surface area contributed by atoms with Gasteiger partial charge in [0.25, 0.3) is 11.7 Å². The van der Waals surface area contributed by atoms with Gasteiger partial charge in [-0.25, -0.2) is 0 Å². The Morgan fingerprint density at radius 2 is 1.53 bits per heavy atom. The van der Waals surface area contributed by atoms with E-state index in [1.54, 1.807) is 46.8 Å². The lowest BCUT2D eigenvalue weighted by molar-refractivity contribution is -0.160. The molecule has 2 aromatic rings. The molecule has 0 spiro atoms. The summed E-state index contributed by atoms with van der Waals surface area (Å²) in [4.78, 5) is 41.0. The molecular formula is C49H65N3O12. The van der Waals surface area contributed by atoms with Crippen molar-refractivity contribution >= 4 is 40.3 Å². The molecule has 348 valence electrons. The Morgan fingerprint density at radius 1 is 0.906 bits per heavy atom. The van der Waals surface area contributed by atoms with Gasteiger partial charge in [-0.05, 0) is 76.2 Å². The number of ketones is 1. The second kappa shape index (κ2) is 17.7. The number of phenolic OH excluding ortho intramolecular Hbond substituents is 3. The third-order valence-electron chi connectivity index (χ3n) is 15.1. The molecule has 0 radical (unpaired) electrons. The van der Waals surface area contributed by atoms with E-state index in [0.717, 1.165) is 19.3 Å². The smallest absolute Gasteiger partial charge is 0.312 e. The summed E-state index contributed by atoms with van der Waals surface area (Å²) in [5.74, 6) is -6.36. The number of hydrogen-bond donors (Lipinski definition) is 6. The predicted molar refractivity (Wildman–Crippen MR) is 240 cm³/mol. The van der Waals surface area contributed by atoms with Crippen molar-refractivity contribution in [3.63, 3.8) is 0 Å². The molecule has 3 heterocycles. The average Bonchev–Trinajstić information content (AvgIpc) is 3.51. The topological polar surface area (TPSA) is 217 Å². The highest BCUT2D eigenvalue weighted by Crippen LogP contribution is 2.58. The van der Waals surface area contributed by atoms with Crippen LogP contribution < -0.4 is 10.1 Å². The van der Waals surface area contributed by atoms with Crippen molar-refractivity contribution in [2.45, 2.75) is 130 Å². The molecule has 2 aromatic carbocycles. The number of hydrogen-bond acceptors (Lipinski definition) is 14. The first-order chi connectivity index (χ1) is 30.1. The summed E-state index contributed by atoms with van der Waals surface area (Å²) in [6, 6.07) is 0. The first-order valence-electron chi connectivity index (χ1n) is 22.5. The lowest BCUT2D eigenvalue weighted by atomic mass is 9.53. The number of Topliss-reactive ketones (excluding diaryl/α,β-unsaturated/α-hetero) is 1. The van der Waals surface area contributed by atoms with Gasteiger partial charge < -0.3 is 49.8 Å². The molecule has 1 amide bonds. The Hall–Kier alpha value is -5.12. The van der Waals surface area contributed by atoms with Gasteiger partial charge in [-0.15, -0.1) is 0 Å². The molecule has 9 bridgehead atoms. The van der Waals surface area contributed by atoms with Gasteiger partial charge in [0.05, 0.1) is 58.5 Å². The number of hydrazone groups is 1. The molecule has 9 atom stereocenters. The van der Waals surface area contributed by atoms with Crippen LogP contribution in [-0.2, 0) is 23.8 Å². The Balaban J connectivity index is 1.37. The van der Waals surface area contributed by atoms with Crippen LogP contribution in [0.1, 0.15) is 108 Å². The maximum atomic E-state index is 14.6. The van der Waals surface area contributed by atoms with Crippen LogP contribution in [0.25, 0.3) is 10.8 Å². The first-order valence-corrected chi connectivity index (χ1v) is 22.5. The van der Waals surface area contributed by atoms with E-state index in [0.29, 0.717) is 17.8 Å². The number of amides is 1. The van der Waals surface area contributed by atoms with Gasteiger partial charge in [-0.1, -0.05) is 45.9 Å². The Labute approximate surface area is 374 Å². The number of nitrogens with zero attached hydrogens (tertiary/aromatic N) is 2. The zero-order chi connectivity index (χ0) is 46.7. The van der Waals surface area contributed by atoms with Gasteiger partial charge in [-0.2, -0.15) is 5.10 Å². The molecule has 15 nitrogen and oxygen atoms in total. The summed E-state index contributed by atoms with van der Waals surface area (Å²) in [5, 5.41) is 68.3. The van der Waals surface area contributed by atoms with Crippen LogP contribution in [0.15, 0.2) is 41.2 Å². The minimum atomic E-state index is -2.04. The van der Waals surface area contributed by atoms with Gasteiger partial charge in [0.2, 0.25) is 0 Å². The average molecular weight is 888 g/mol. The van der Waals surface area contributed by atoms with Crippen molar-refractivity contribution < 1.29 is 58.9 Å². The second-order valence-electron chi connectivity index (χ2n) is 19.5. The molecule has 15 heteroatoms. The second-order valence-corrected chi connectivity index (χ2v) is 19.5. The number of aromatic hydroxyl groups is 3. The van der Waals surface area contributed by atoms with E-state index in [9.17, 15) is 39.9 Å². The SMILES string of the molecule is CO[C@@H]1C=CO[C@@]2(C)Oc3c(C)c(O)c4c(O)c(c(C=NN(C)C56CC7CC(CC(C7)C5)C6)c(O)c4c3C2=O)NC(=O)C(C)=CC=C[C@H](C)[C@H](O)[C@H](C)[C@H](O)[C@H](C)[C@@H](OC(C)=O)[C@@H]1C. The minimum absolute atomic E-state index is 0.0690. The molecule has 0 unspecified atom stereocenters. The first kappa shape index (κ1) is 46.9. The van der Waals surface area contributed by atoms with Crippen molar-refractivity contribution in [1.29, 1.82) is 0 Å². The van der Waals surface area contributed by atoms with E-state index in [4.69, 9.17) is 24.0 Å². The molecular weight excluding hydrogens is 823 g/mol. The highest BCUT2D eigenvalue weighted by molar-refractivity contribution is 6.23. The lowest BCUT2D eigenvalue weighted by Crippen LogP contribution is -2.57. The van der Waals surface area contributed by atoms with E-state index in [1.807, 2.05) is 12.1 Å². The number of ether oxygens (including phenoxy) is 4. The maximum absolute atomic E-state index is 14.6. The summed E-state index contributed by atoms with van der Waals surface area (Å²) in [6.07, 6.45) is 11.7. The summed E-state index contributed by atoms with van der Waals surface area (Å²) in [5.41, 5.74) is -0.421. The molecule has 4 aliphatic carbocycles. The molecule has 6 N–H and O–H groups in total. The van der Waals surface area contributed by atoms with Crippen molar-refractivity contribution in [3.05, 3.63) is 52.8 Å². The number of rotatable bonds is 5. The number of allylic oxidation sites excluding steroid dienone is 2. The number of fused-ring (bicyclic) bond motifs is 14. The zero-order valence-electron chi connectivity index (χ0n) is 38.5. The van der Waals surface area contributed by atoms with Gasteiger partial charge >= 0.3 is 11.8 Å². The van der Waals surface area contributed by atoms with E-state index in [1.165, 1.54) is 71.8 Å². The van der Waals surface area contributed by atoms with Crippen molar-refractivity contribution in [3.8, 4) is 23.0 Å². The summed E-state index contributed by atoms with van der Waals surface area (Å²) < 4.78 is 23.8. The van der Waals surface area contributed by atoms with Crippen molar-refractivity contribution in [1.82, 2.24) is 5.01 Å². The molecule has 64 heavy (non-hydrogen) atoms. The number of phenols is 3. The number of carbonyl (C=O) groups is 3. The van der Waals surface area contributed by atoms with Crippen molar-refractivity contribution in [2.75, 3.05) is 19.5 Å². The number of aliphatic hydroxyl groups is 2. The number of carbonyl (C=O) groups excluding carboxylic acids is 3. The highest BCUT2D eigenvalue weighted by atomic mass is 16.7. The number of methoxy groups -OCH3 is 1. The predicted octanol–water partition coefficient (Wildman–Crippen LogP) is 6.99. The number of benzene rings is 2. The van der Waals surface area contributed by atoms with Crippen LogP contribution in [-0.4, -0.2) is 104 Å². The molecule has 0 aromatic heterocycles. The van der Waals surface area contributed by atoms with E-state index < -0.39 is 88.8 Å². The van der Waals surface area contributed by atoms with Gasteiger partial charge in [-0.3, -0.25) is 19.4 Å². The summed E-state index contributed by atoms with van der Waals surface area (Å²) in [6.45, 7) is 12.6. The largest absolute Gasteiger partial charge is 0.507 e. The Kier molecular flexibility index (Phi) is 13.0. The fraction of sp³-hybridized carbons (Fsp3) is 0.592. The third kappa shape index (κ3) is 8.23. The normalized spacial score (nSPS) is 35.4.